The van der Waals surface area contributed by atoms with Gasteiger partial charge in [0, 0.05) is 11.9 Å². The Morgan fingerprint density at radius 1 is 1.35 bits per heavy atom. The minimum atomic E-state index is -0.500. The van der Waals surface area contributed by atoms with Gasteiger partial charge in [-0.2, -0.15) is 0 Å². The smallest absolute Gasteiger partial charge is 0.329 e. The van der Waals surface area contributed by atoms with Crippen LogP contribution < -0.4 is 5.32 Å². The number of halogens is 1. The Balaban J connectivity index is 0.000000956. The molecule has 0 saturated heterocycles. The van der Waals surface area contributed by atoms with Crippen LogP contribution in [0.1, 0.15) is 27.2 Å². The number of pyridine rings is 1. The van der Waals surface area contributed by atoms with Crippen molar-refractivity contribution in [3.05, 3.63) is 39.5 Å². The number of aromatic nitrogens is 1. The van der Waals surface area contributed by atoms with E-state index >= 15 is 0 Å². The molecule has 0 saturated carbocycles. The third-order valence-electron chi connectivity index (χ3n) is 2.56. The van der Waals surface area contributed by atoms with E-state index in [1.807, 2.05) is 32.9 Å². The first-order valence-electron chi connectivity index (χ1n) is 6.61. The summed E-state index contributed by atoms with van der Waals surface area (Å²) in [5.41, 5.74) is 0.924. The van der Waals surface area contributed by atoms with Crippen molar-refractivity contribution in [2.24, 2.45) is 0 Å². The van der Waals surface area contributed by atoms with Crippen molar-refractivity contribution < 1.29 is 4.92 Å². The van der Waals surface area contributed by atoms with E-state index in [1.165, 1.54) is 0 Å². The van der Waals surface area contributed by atoms with Crippen LogP contribution in [-0.2, 0) is 0 Å². The van der Waals surface area contributed by atoms with Gasteiger partial charge in [0.05, 0.1) is 10.4 Å². The number of hydrogen-bond donors (Lipinski definition) is 1. The van der Waals surface area contributed by atoms with Gasteiger partial charge in [-0.15, -0.1) is 0 Å². The molecule has 1 N–H and O–H groups in total. The number of nitro groups is 1. The molecule has 6 heteroatoms. The van der Waals surface area contributed by atoms with Crippen molar-refractivity contribution in [2.75, 3.05) is 11.9 Å². The van der Waals surface area contributed by atoms with E-state index in [4.69, 9.17) is 11.6 Å². The van der Waals surface area contributed by atoms with E-state index in [2.05, 4.69) is 10.3 Å². The highest BCUT2D eigenvalue weighted by molar-refractivity contribution is 6.33. The molecule has 0 unspecified atom stereocenters. The molecular weight excluding hydrogens is 278 g/mol. The molecule has 2 aromatic rings. The number of nitrogens with one attached hydrogen (secondary N) is 1. The maximum atomic E-state index is 11.1. The molecule has 1 aromatic carbocycles. The van der Waals surface area contributed by atoms with Crippen molar-refractivity contribution in [3.8, 4) is 0 Å². The molecule has 0 radical (unpaired) electrons. The first-order valence-corrected chi connectivity index (χ1v) is 6.99. The average Bonchev–Trinajstić information content (AvgIpc) is 2.46. The SMILES string of the molecule is CC.CCCNc1c([N+](=O)[O-])c(Cl)nc2ccccc12. The van der Waals surface area contributed by atoms with Crippen LogP contribution in [0.3, 0.4) is 0 Å². The Hall–Kier alpha value is -1.88. The Bertz CT molecular complexity index is 602. The lowest BCUT2D eigenvalue weighted by Gasteiger charge is -2.10. The van der Waals surface area contributed by atoms with Crippen molar-refractivity contribution >= 4 is 33.9 Å². The van der Waals surface area contributed by atoms with Crippen LogP contribution in [0, 0.1) is 10.1 Å². The maximum absolute atomic E-state index is 11.1. The molecule has 0 aliphatic heterocycles. The summed E-state index contributed by atoms with van der Waals surface area (Å²) >= 11 is 5.89. The summed E-state index contributed by atoms with van der Waals surface area (Å²) in [6.45, 7) is 6.63. The number of fused-ring (bicyclic) bond motifs is 1. The lowest BCUT2D eigenvalue weighted by molar-refractivity contribution is -0.384. The van der Waals surface area contributed by atoms with Gasteiger partial charge in [0.25, 0.3) is 0 Å². The highest BCUT2D eigenvalue weighted by Gasteiger charge is 2.23. The molecule has 0 spiro atoms. The minimum Gasteiger partial charge on any atom is -0.379 e. The molecule has 0 aliphatic rings. The number of hydrogen-bond acceptors (Lipinski definition) is 4. The van der Waals surface area contributed by atoms with E-state index in [0.717, 1.165) is 6.42 Å². The van der Waals surface area contributed by atoms with E-state index in [1.54, 1.807) is 12.1 Å². The van der Waals surface area contributed by atoms with Gasteiger partial charge in [-0.25, -0.2) is 4.98 Å². The van der Waals surface area contributed by atoms with Gasteiger partial charge in [0.2, 0.25) is 5.15 Å². The second-order valence-electron chi connectivity index (χ2n) is 3.83. The van der Waals surface area contributed by atoms with Crippen LogP contribution in [0.4, 0.5) is 11.4 Å². The second kappa shape index (κ2) is 7.65. The number of rotatable bonds is 4. The van der Waals surface area contributed by atoms with E-state index in [0.29, 0.717) is 23.1 Å². The van der Waals surface area contributed by atoms with Gasteiger partial charge in [-0.1, -0.05) is 50.6 Å². The molecule has 0 atom stereocenters. The number of benzene rings is 1. The largest absolute Gasteiger partial charge is 0.379 e. The molecular formula is C14H18ClN3O2. The van der Waals surface area contributed by atoms with Gasteiger partial charge < -0.3 is 5.32 Å². The van der Waals surface area contributed by atoms with Crippen LogP contribution in [0.15, 0.2) is 24.3 Å². The molecule has 2 rings (SSSR count). The predicted molar refractivity (Wildman–Crippen MR) is 83.5 cm³/mol. The third-order valence-corrected chi connectivity index (χ3v) is 2.82. The quantitative estimate of drug-likeness (QED) is 0.506. The Kier molecular flexibility index (Phi) is 6.18. The monoisotopic (exact) mass is 295 g/mol. The van der Waals surface area contributed by atoms with E-state index < -0.39 is 4.92 Å². The minimum absolute atomic E-state index is 0.0858. The maximum Gasteiger partial charge on any atom is 0.329 e. The molecule has 20 heavy (non-hydrogen) atoms. The summed E-state index contributed by atoms with van der Waals surface area (Å²) < 4.78 is 0. The lowest BCUT2D eigenvalue weighted by Crippen LogP contribution is -2.05. The van der Waals surface area contributed by atoms with Crippen LogP contribution in [0.2, 0.25) is 5.15 Å². The predicted octanol–water partition coefficient (Wildman–Crippen LogP) is 4.64. The van der Waals surface area contributed by atoms with Crippen molar-refractivity contribution in [1.29, 1.82) is 0 Å². The lowest BCUT2D eigenvalue weighted by atomic mass is 10.1. The molecule has 5 nitrogen and oxygen atoms in total. The number of nitrogens with zero attached hydrogens (tertiary/aromatic N) is 2. The molecule has 108 valence electrons. The van der Waals surface area contributed by atoms with Gasteiger partial charge >= 0.3 is 5.69 Å². The zero-order chi connectivity index (χ0) is 15.1. The Morgan fingerprint density at radius 3 is 2.60 bits per heavy atom. The Morgan fingerprint density at radius 2 is 2.00 bits per heavy atom. The summed E-state index contributed by atoms with van der Waals surface area (Å²) in [5.74, 6) is 0. The van der Waals surface area contributed by atoms with E-state index in [-0.39, 0.29) is 10.8 Å². The number of para-hydroxylation sites is 1. The molecule has 1 aromatic heterocycles. The summed E-state index contributed by atoms with van der Waals surface area (Å²) in [5, 5.41) is 14.8. The third kappa shape index (κ3) is 3.36. The second-order valence-corrected chi connectivity index (χ2v) is 4.19. The van der Waals surface area contributed by atoms with Gasteiger partial charge in [0.1, 0.15) is 5.69 Å². The van der Waals surface area contributed by atoms with Gasteiger partial charge in [-0.3, -0.25) is 10.1 Å². The molecule has 1 heterocycles. The normalized spacial score (nSPS) is 9.80. The van der Waals surface area contributed by atoms with Crippen molar-refractivity contribution in [3.63, 3.8) is 0 Å². The molecule has 0 aliphatic carbocycles. The molecule has 0 fully saturated rings. The summed E-state index contributed by atoms with van der Waals surface area (Å²) in [6, 6.07) is 7.21. The Labute approximate surface area is 123 Å². The first kappa shape index (κ1) is 16.2. The highest BCUT2D eigenvalue weighted by atomic mass is 35.5. The fourth-order valence-electron chi connectivity index (χ4n) is 1.77. The van der Waals surface area contributed by atoms with Crippen LogP contribution in [0.5, 0.6) is 0 Å². The van der Waals surface area contributed by atoms with Crippen LogP contribution >= 0.6 is 11.6 Å². The van der Waals surface area contributed by atoms with Crippen molar-refractivity contribution in [2.45, 2.75) is 27.2 Å². The van der Waals surface area contributed by atoms with Gasteiger partial charge in [-0.05, 0) is 12.5 Å². The highest BCUT2D eigenvalue weighted by Crippen LogP contribution is 2.37. The topological polar surface area (TPSA) is 68.1 Å². The fourth-order valence-corrected chi connectivity index (χ4v) is 2.02. The molecule has 0 amide bonds. The molecule has 0 bridgehead atoms. The summed E-state index contributed by atoms with van der Waals surface area (Å²) in [7, 11) is 0. The number of anilines is 1. The summed E-state index contributed by atoms with van der Waals surface area (Å²) in [4.78, 5) is 14.6. The van der Waals surface area contributed by atoms with Crippen LogP contribution in [0.25, 0.3) is 10.9 Å². The fraction of sp³-hybridized carbons (Fsp3) is 0.357. The van der Waals surface area contributed by atoms with E-state index in [9.17, 15) is 10.1 Å². The summed E-state index contributed by atoms with van der Waals surface area (Å²) in [6.07, 6.45) is 0.866. The standard InChI is InChI=1S/C12H12ClN3O2.C2H6/c1-2-7-14-10-8-5-3-4-6-9(8)15-12(13)11(10)16(17)18;1-2/h3-6H,2,7H2,1H3,(H,14,15);1-2H3. The van der Waals surface area contributed by atoms with Gasteiger partial charge in [0.15, 0.2) is 0 Å². The van der Waals surface area contributed by atoms with Crippen LogP contribution in [-0.4, -0.2) is 16.5 Å². The zero-order valence-electron chi connectivity index (χ0n) is 11.8. The first-order chi connectivity index (χ1) is 9.65. The average molecular weight is 296 g/mol. The zero-order valence-corrected chi connectivity index (χ0v) is 12.6. The van der Waals surface area contributed by atoms with Crippen molar-refractivity contribution in [1.82, 2.24) is 4.98 Å².